The summed E-state index contributed by atoms with van der Waals surface area (Å²) in [5.41, 5.74) is 6.04. The monoisotopic (exact) mass is 790 g/mol. The number of nitrogens with zero attached hydrogens (tertiary/aromatic N) is 7. The van der Waals surface area contributed by atoms with E-state index in [1.54, 1.807) is 12.7 Å². The molecule has 0 spiro atoms. The van der Waals surface area contributed by atoms with Crippen LogP contribution < -0.4 is 10.6 Å². The lowest BCUT2D eigenvalue weighted by molar-refractivity contribution is -0.207. The molecule has 15 heteroatoms. The van der Waals surface area contributed by atoms with Gasteiger partial charge in [0.2, 0.25) is 5.91 Å². The number of aliphatic hydroxyl groups excluding tert-OH is 1. The van der Waals surface area contributed by atoms with Crippen LogP contribution in [0.4, 0.5) is 5.82 Å². The topological polar surface area (TPSA) is 160 Å². The van der Waals surface area contributed by atoms with E-state index >= 15 is 0 Å². The number of piperazine rings is 1. The van der Waals surface area contributed by atoms with Crippen molar-refractivity contribution >= 4 is 59.5 Å². The first-order valence-electron chi connectivity index (χ1n) is 19.5. The van der Waals surface area contributed by atoms with Crippen molar-refractivity contribution < 1.29 is 24.2 Å². The van der Waals surface area contributed by atoms with Gasteiger partial charge in [-0.2, -0.15) is 0 Å². The Balaban J connectivity index is 0.00000280. The number of nitrogens with two attached hydrogens (primary N) is 1. The second-order valence-corrected chi connectivity index (χ2v) is 17.1. The third-order valence-corrected chi connectivity index (χ3v) is 14.4. The zero-order chi connectivity index (χ0) is 37.0. The molecule has 0 radical (unpaired) electrons. The lowest BCUT2D eigenvalue weighted by Gasteiger charge is -2.61. The molecule has 2 aliphatic heterocycles. The van der Waals surface area contributed by atoms with E-state index in [-0.39, 0.29) is 78.2 Å². The first kappa shape index (κ1) is 42.3. The van der Waals surface area contributed by atoms with Crippen molar-refractivity contribution in [3.05, 3.63) is 25.3 Å². The minimum atomic E-state index is -0.694. The fourth-order valence-corrected chi connectivity index (χ4v) is 10.8. The van der Waals surface area contributed by atoms with Crippen molar-refractivity contribution in [2.75, 3.05) is 50.7 Å². The van der Waals surface area contributed by atoms with E-state index in [1.807, 2.05) is 27.4 Å². The molecule has 5 aliphatic rings. The Kier molecular flexibility index (Phi) is 12.8. The Morgan fingerprint density at radius 3 is 2.43 bits per heavy atom. The fourth-order valence-electron chi connectivity index (χ4n) is 10.8. The van der Waals surface area contributed by atoms with E-state index in [1.165, 1.54) is 0 Å². The summed E-state index contributed by atoms with van der Waals surface area (Å²) in [4.78, 5) is 60.5. The number of anilines is 1. The molecular weight excluding hydrogens is 731 g/mol. The lowest BCUT2D eigenvalue weighted by atomic mass is 9.44. The second kappa shape index (κ2) is 16.3. The van der Waals surface area contributed by atoms with Gasteiger partial charge in [0, 0.05) is 81.4 Å². The molecule has 1 amide bonds. The summed E-state index contributed by atoms with van der Waals surface area (Å²) in [7, 11) is 0. The van der Waals surface area contributed by atoms with E-state index in [2.05, 4.69) is 47.2 Å². The van der Waals surface area contributed by atoms with E-state index < -0.39 is 23.0 Å². The molecule has 0 unspecified atom stereocenters. The number of ketones is 1. The van der Waals surface area contributed by atoms with Crippen LogP contribution in [0.25, 0.3) is 11.2 Å². The molecule has 8 atom stereocenters. The molecule has 2 bridgehead atoms. The Bertz CT molecular complexity index is 1700. The number of amides is 1. The number of piperidine rings is 1. The van der Waals surface area contributed by atoms with Crippen molar-refractivity contribution in [3.63, 3.8) is 0 Å². The van der Waals surface area contributed by atoms with Crippen LogP contribution in [0.5, 0.6) is 0 Å². The molecule has 300 valence electrons. The summed E-state index contributed by atoms with van der Waals surface area (Å²) in [5.74, 6) is 0.656. The van der Waals surface area contributed by atoms with Crippen LogP contribution in [0, 0.1) is 34.0 Å². The van der Waals surface area contributed by atoms with Crippen molar-refractivity contribution in [1.29, 1.82) is 0 Å². The van der Waals surface area contributed by atoms with Crippen molar-refractivity contribution in [1.82, 2.24) is 29.3 Å². The summed E-state index contributed by atoms with van der Waals surface area (Å²) in [6.45, 7) is 17.0. The Labute approximate surface area is 331 Å². The van der Waals surface area contributed by atoms with Gasteiger partial charge in [-0.15, -0.1) is 31.4 Å². The molecule has 3 saturated carbocycles. The van der Waals surface area contributed by atoms with Crippen LogP contribution in [0.15, 0.2) is 25.3 Å². The SMILES string of the molecule is C=C[C@]1(C)C[C@@H](OC(=O)CN2CCN(C(=O)CCn3cnc4c(N5CCC(N)CC5)ncnc43)CC2)[C@]2(C)[C@H](C)CC[C@]3(CCC(=O)[C@@H]32)[C@@H](C)[C@@H]1O.Cl.Cl. The van der Waals surface area contributed by atoms with Gasteiger partial charge in [-0.05, 0) is 55.8 Å². The number of halogens is 2. The summed E-state index contributed by atoms with van der Waals surface area (Å²) in [6, 6.07) is 0.220. The molecule has 3 N–H and O–H groups in total. The number of rotatable bonds is 8. The summed E-state index contributed by atoms with van der Waals surface area (Å²) in [5, 5.41) is 11.8. The van der Waals surface area contributed by atoms with Crippen LogP contribution >= 0.6 is 24.8 Å². The molecule has 2 saturated heterocycles. The highest BCUT2D eigenvalue weighted by atomic mass is 35.5. The van der Waals surface area contributed by atoms with Crippen molar-refractivity contribution in [3.8, 4) is 0 Å². The van der Waals surface area contributed by atoms with Crippen LogP contribution in [0.2, 0.25) is 0 Å². The van der Waals surface area contributed by atoms with Gasteiger partial charge in [-0.3, -0.25) is 19.3 Å². The van der Waals surface area contributed by atoms with E-state index in [0.717, 1.165) is 62.2 Å². The predicted octanol–water partition coefficient (Wildman–Crippen LogP) is 4.04. The molecule has 0 aromatic carbocycles. The Morgan fingerprint density at radius 2 is 1.74 bits per heavy atom. The Hall–Kier alpha value is -2.84. The number of aromatic nitrogens is 4. The van der Waals surface area contributed by atoms with Crippen LogP contribution in [-0.2, 0) is 25.7 Å². The van der Waals surface area contributed by atoms with Gasteiger partial charge in [0.05, 0.1) is 19.0 Å². The summed E-state index contributed by atoms with van der Waals surface area (Å²) in [6.07, 6.45) is 9.59. The van der Waals surface area contributed by atoms with Gasteiger partial charge in [-0.1, -0.05) is 33.8 Å². The second-order valence-electron chi connectivity index (χ2n) is 17.1. The molecule has 13 nitrogen and oxygen atoms in total. The smallest absolute Gasteiger partial charge is 0.320 e. The summed E-state index contributed by atoms with van der Waals surface area (Å²) < 4.78 is 8.38. The number of carbonyl (C=O) groups excluding carboxylic acids is 3. The standard InChI is InChI=1S/C39H58N8O5.2ClH/c1-6-37(4)21-29(38(5)25(2)7-12-39(26(3)34(37)51)13-8-28(48)33(38)39)52-31(50)22-44-17-19-45(20-18-44)30(49)11-16-47-24-43-32-35(41-23-42-36(32)47)46-14-9-27(40)10-15-46;;/h6,23-27,29,33-34,51H,1,7-22,40H2,2-5H3;2*1H/t25-,26+,29-,33-,34+,37-,38+,39+;;/m1../s1. The van der Waals surface area contributed by atoms with Crippen LogP contribution in [0.3, 0.4) is 0 Å². The quantitative estimate of drug-likeness (QED) is 0.294. The number of esters is 1. The van der Waals surface area contributed by atoms with Gasteiger partial charge < -0.3 is 29.9 Å². The number of aryl methyl sites for hydroxylation is 1. The highest BCUT2D eigenvalue weighted by molar-refractivity contribution is 5.86. The van der Waals surface area contributed by atoms with Gasteiger partial charge >= 0.3 is 5.97 Å². The molecule has 4 heterocycles. The zero-order valence-corrected chi connectivity index (χ0v) is 34.0. The maximum Gasteiger partial charge on any atom is 0.320 e. The van der Waals surface area contributed by atoms with Gasteiger partial charge in [0.15, 0.2) is 17.0 Å². The van der Waals surface area contributed by atoms with Gasteiger partial charge in [0.25, 0.3) is 0 Å². The van der Waals surface area contributed by atoms with Crippen LogP contribution in [-0.4, -0.2) is 116 Å². The fraction of sp³-hybridized carbons (Fsp3) is 0.744. The predicted molar refractivity (Wildman–Crippen MR) is 212 cm³/mol. The lowest BCUT2D eigenvalue weighted by Crippen LogP contribution is -2.63. The third kappa shape index (κ3) is 7.28. The number of imidazole rings is 1. The highest BCUT2D eigenvalue weighted by Gasteiger charge is 2.68. The minimum absolute atomic E-state index is 0. The number of ether oxygens (including phenoxy) is 1. The largest absolute Gasteiger partial charge is 0.461 e. The minimum Gasteiger partial charge on any atom is -0.461 e. The average Bonchev–Trinajstić information content (AvgIpc) is 3.73. The number of aliphatic hydroxyl groups is 1. The molecular formula is C39H60Cl2N8O5. The first-order chi connectivity index (χ1) is 24.8. The van der Waals surface area contributed by atoms with E-state index in [9.17, 15) is 19.5 Å². The Morgan fingerprint density at radius 1 is 1.04 bits per heavy atom. The molecule has 7 rings (SSSR count). The molecule has 54 heavy (non-hydrogen) atoms. The van der Waals surface area contributed by atoms with Crippen molar-refractivity contribution in [2.45, 2.75) is 104 Å². The molecule has 2 aromatic rings. The normalized spacial score (nSPS) is 34.6. The maximum atomic E-state index is 13.8. The first-order valence-corrected chi connectivity index (χ1v) is 19.5. The average molecular weight is 792 g/mol. The number of hydrogen-bond donors (Lipinski definition) is 2. The van der Waals surface area contributed by atoms with Crippen molar-refractivity contribution in [2.24, 2.45) is 39.7 Å². The van der Waals surface area contributed by atoms with Gasteiger partial charge in [-0.25, -0.2) is 15.0 Å². The highest BCUT2D eigenvalue weighted by Crippen LogP contribution is 2.68. The summed E-state index contributed by atoms with van der Waals surface area (Å²) >= 11 is 0. The number of Topliss-reactive ketones (excluding diaryl/α,β-unsaturated/α-hetero) is 1. The van der Waals surface area contributed by atoms with Crippen LogP contribution in [0.1, 0.15) is 79.1 Å². The third-order valence-electron chi connectivity index (χ3n) is 14.4. The zero-order valence-electron chi connectivity index (χ0n) is 32.3. The maximum absolute atomic E-state index is 13.8. The van der Waals surface area contributed by atoms with E-state index in [4.69, 9.17) is 10.5 Å². The van der Waals surface area contributed by atoms with E-state index in [0.29, 0.717) is 52.0 Å². The number of hydrogen-bond acceptors (Lipinski definition) is 11. The van der Waals surface area contributed by atoms with Gasteiger partial charge in [0.1, 0.15) is 18.2 Å². The molecule has 2 aromatic heterocycles. The number of fused-ring (bicyclic) bond motifs is 1. The molecule has 5 fully saturated rings. The molecule has 3 aliphatic carbocycles. The number of carbonyl (C=O) groups is 3.